The predicted molar refractivity (Wildman–Crippen MR) is 98.1 cm³/mol. The first-order valence-electron chi connectivity index (χ1n) is 7.32. The molecule has 5 nitrogen and oxygen atoms in total. The Kier molecular flexibility index (Phi) is 5.13. The van der Waals surface area contributed by atoms with Crippen LogP contribution in [-0.4, -0.2) is 15.0 Å². The Bertz CT molecular complexity index is 840. The molecule has 0 aliphatic carbocycles. The van der Waals surface area contributed by atoms with Gasteiger partial charge in [-0.1, -0.05) is 29.3 Å². The van der Waals surface area contributed by atoms with Gasteiger partial charge in [0.05, 0.1) is 22.9 Å². The van der Waals surface area contributed by atoms with Crippen molar-refractivity contribution in [2.24, 2.45) is 0 Å². The maximum Gasteiger partial charge on any atom is 0.229 e. The first-order valence-corrected chi connectivity index (χ1v) is 8.07. The summed E-state index contributed by atoms with van der Waals surface area (Å²) in [6.07, 6.45) is 1.76. The van der Waals surface area contributed by atoms with Crippen molar-refractivity contribution < 1.29 is 0 Å². The second-order valence-electron chi connectivity index (χ2n) is 5.14. The molecule has 2 N–H and O–H groups in total. The molecular formula is C17H15Cl2N5. The maximum atomic E-state index is 6.17. The number of pyridine rings is 1. The number of nitrogens with one attached hydrogen (secondary N) is 2. The van der Waals surface area contributed by atoms with E-state index in [1.165, 1.54) is 0 Å². The van der Waals surface area contributed by atoms with Crippen molar-refractivity contribution in [2.75, 3.05) is 10.6 Å². The van der Waals surface area contributed by atoms with Gasteiger partial charge in [-0.05, 0) is 37.3 Å². The van der Waals surface area contributed by atoms with Gasteiger partial charge in [0.1, 0.15) is 5.82 Å². The van der Waals surface area contributed by atoms with E-state index in [-0.39, 0.29) is 0 Å². The molecule has 122 valence electrons. The Hall–Kier alpha value is -2.37. The van der Waals surface area contributed by atoms with Crippen molar-refractivity contribution in [1.82, 2.24) is 15.0 Å². The largest absolute Gasteiger partial charge is 0.364 e. The topological polar surface area (TPSA) is 62.7 Å². The number of aromatic nitrogens is 3. The van der Waals surface area contributed by atoms with Crippen LogP contribution in [0, 0.1) is 6.92 Å². The summed E-state index contributed by atoms with van der Waals surface area (Å²) in [4.78, 5) is 13.1. The van der Waals surface area contributed by atoms with Crippen LogP contribution in [0.3, 0.4) is 0 Å². The third kappa shape index (κ3) is 4.34. The third-order valence-corrected chi connectivity index (χ3v) is 3.76. The van der Waals surface area contributed by atoms with Crippen molar-refractivity contribution in [3.05, 3.63) is 70.1 Å². The fraction of sp³-hybridized carbons (Fsp3) is 0.118. The number of aryl methyl sites for hydroxylation is 1. The summed E-state index contributed by atoms with van der Waals surface area (Å²) in [6.45, 7) is 2.49. The standard InChI is InChI=1S/C17H15Cl2N5/c1-11-8-16(21-10-13-4-2-3-7-20-13)24-17(22-11)23-15-6-5-12(18)9-14(15)19/h2-9H,10H2,1H3,(H2,21,22,23,24). The lowest BCUT2D eigenvalue weighted by atomic mass is 10.3. The van der Waals surface area contributed by atoms with Crippen LogP contribution < -0.4 is 10.6 Å². The van der Waals surface area contributed by atoms with Gasteiger partial charge in [0.15, 0.2) is 0 Å². The molecule has 0 saturated heterocycles. The van der Waals surface area contributed by atoms with E-state index in [1.807, 2.05) is 31.2 Å². The molecule has 2 aromatic heterocycles. The van der Waals surface area contributed by atoms with Gasteiger partial charge >= 0.3 is 0 Å². The highest BCUT2D eigenvalue weighted by molar-refractivity contribution is 6.36. The number of hydrogen-bond donors (Lipinski definition) is 2. The molecule has 0 unspecified atom stereocenters. The maximum absolute atomic E-state index is 6.17. The molecule has 0 radical (unpaired) electrons. The SMILES string of the molecule is Cc1cc(NCc2ccccn2)nc(Nc2ccc(Cl)cc2Cl)n1. The van der Waals surface area contributed by atoms with Gasteiger partial charge in [-0.15, -0.1) is 0 Å². The molecule has 0 aliphatic heterocycles. The molecule has 3 rings (SSSR count). The lowest BCUT2D eigenvalue weighted by Gasteiger charge is -2.11. The minimum atomic E-state index is 0.461. The minimum absolute atomic E-state index is 0.461. The molecule has 2 heterocycles. The Balaban J connectivity index is 1.76. The highest BCUT2D eigenvalue weighted by Crippen LogP contribution is 2.27. The molecular weight excluding hydrogens is 345 g/mol. The van der Waals surface area contributed by atoms with E-state index in [4.69, 9.17) is 23.2 Å². The van der Waals surface area contributed by atoms with Crippen molar-refractivity contribution in [3.8, 4) is 0 Å². The first-order chi connectivity index (χ1) is 11.6. The van der Waals surface area contributed by atoms with E-state index in [1.54, 1.807) is 24.4 Å². The molecule has 0 saturated carbocycles. The number of anilines is 3. The zero-order valence-corrected chi connectivity index (χ0v) is 14.4. The predicted octanol–water partition coefficient (Wildman–Crippen LogP) is 4.84. The smallest absolute Gasteiger partial charge is 0.229 e. The van der Waals surface area contributed by atoms with E-state index in [0.717, 1.165) is 11.4 Å². The zero-order chi connectivity index (χ0) is 16.9. The normalized spacial score (nSPS) is 10.5. The monoisotopic (exact) mass is 359 g/mol. The van der Waals surface area contributed by atoms with Crippen molar-refractivity contribution in [2.45, 2.75) is 13.5 Å². The van der Waals surface area contributed by atoms with Crippen LogP contribution in [0.1, 0.15) is 11.4 Å². The second kappa shape index (κ2) is 7.47. The van der Waals surface area contributed by atoms with Crippen molar-refractivity contribution >= 4 is 40.7 Å². The Labute approximate surface area is 150 Å². The van der Waals surface area contributed by atoms with Crippen LogP contribution in [0.15, 0.2) is 48.7 Å². The molecule has 0 spiro atoms. The summed E-state index contributed by atoms with van der Waals surface area (Å²) in [5.41, 5.74) is 2.47. The number of halogens is 2. The fourth-order valence-electron chi connectivity index (χ4n) is 2.11. The molecule has 0 fully saturated rings. The van der Waals surface area contributed by atoms with Gasteiger partial charge in [0.2, 0.25) is 5.95 Å². The van der Waals surface area contributed by atoms with Gasteiger partial charge in [0, 0.05) is 23.0 Å². The Morgan fingerprint density at radius 2 is 1.92 bits per heavy atom. The summed E-state index contributed by atoms with van der Waals surface area (Å²) in [5, 5.41) is 7.44. The highest BCUT2D eigenvalue weighted by atomic mass is 35.5. The van der Waals surface area contributed by atoms with E-state index < -0.39 is 0 Å². The number of benzene rings is 1. The summed E-state index contributed by atoms with van der Waals surface area (Å²) in [7, 11) is 0. The Morgan fingerprint density at radius 3 is 2.67 bits per heavy atom. The summed E-state index contributed by atoms with van der Waals surface area (Å²) in [5.74, 6) is 1.17. The minimum Gasteiger partial charge on any atom is -0.364 e. The fourth-order valence-corrected chi connectivity index (χ4v) is 2.57. The van der Waals surface area contributed by atoms with E-state index in [2.05, 4.69) is 25.6 Å². The number of rotatable bonds is 5. The summed E-state index contributed by atoms with van der Waals surface area (Å²) in [6, 6.07) is 12.9. The summed E-state index contributed by atoms with van der Waals surface area (Å²) >= 11 is 12.1. The molecule has 3 aromatic rings. The third-order valence-electron chi connectivity index (χ3n) is 3.21. The van der Waals surface area contributed by atoms with Gasteiger partial charge < -0.3 is 10.6 Å². The van der Waals surface area contributed by atoms with E-state index >= 15 is 0 Å². The van der Waals surface area contributed by atoms with Crippen molar-refractivity contribution in [1.29, 1.82) is 0 Å². The lowest BCUT2D eigenvalue weighted by Crippen LogP contribution is -2.06. The van der Waals surface area contributed by atoms with Gasteiger partial charge in [0.25, 0.3) is 0 Å². The van der Waals surface area contributed by atoms with Crippen LogP contribution in [0.25, 0.3) is 0 Å². The highest BCUT2D eigenvalue weighted by Gasteiger charge is 2.06. The lowest BCUT2D eigenvalue weighted by molar-refractivity contribution is 1.01. The molecule has 1 aromatic carbocycles. The van der Waals surface area contributed by atoms with Gasteiger partial charge in [-0.25, -0.2) is 4.98 Å². The number of nitrogens with zero attached hydrogens (tertiary/aromatic N) is 3. The second-order valence-corrected chi connectivity index (χ2v) is 5.99. The molecule has 24 heavy (non-hydrogen) atoms. The van der Waals surface area contributed by atoms with Crippen LogP contribution >= 0.6 is 23.2 Å². The van der Waals surface area contributed by atoms with Crippen LogP contribution in [0.5, 0.6) is 0 Å². The number of hydrogen-bond acceptors (Lipinski definition) is 5. The van der Waals surface area contributed by atoms with Gasteiger partial charge in [-0.2, -0.15) is 4.98 Å². The van der Waals surface area contributed by atoms with E-state index in [9.17, 15) is 0 Å². The van der Waals surface area contributed by atoms with Gasteiger partial charge in [-0.3, -0.25) is 4.98 Å². The Morgan fingerprint density at radius 1 is 1.04 bits per heavy atom. The zero-order valence-electron chi connectivity index (χ0n) is 12.9. The first kappa shape index (κ1) is 16.5. The molecule has 0 aliphatic rings. The van der Waals surface area contributed by atoms with Crippen LogP contribution in [-0.2, 0) is 6.54 Å². The van der Waals surface area contributed by atoms with Crippen molar-refractivity contribution in [3.63, 3.8) is 0 Å². The molecule has 0 bridgehead atoms. The van der Waals surface area contributed by atoms with E-state index in [0.29, 0.717) is 34.0 Å². The quantitative estimate of drug-likeness (QED) is 0.682. The van der Waals surface area contributed by atoms with Crippen LogP contribution in [0.2, 0.25) is 10.0 Å². The van der Waals surface area contributed by atoms with Crippen LogP contribution in [0.4, 0.5) is 17.5 Å². The summed E-state index contributed by atoms with van der Waals surface area (Å²) < 4.78 is 0. The average Bonchev–Trinajstić information content (AvgIpc) is 2.56. The molecule has 0 amide bonds. The molecule has 7 heteroatoms. The average molecular weight is 360 g/mol. The molecule has 0 atom stereocenters.